The molecule has 1 aliphatic heterocycles. The Labute approximate surface area is 135 Å². The van der Waals surface area contributed by atoms with Crippen LogP contribution in [0.3, 0.4) is 0 Å². The van der Waals surface area contributed by atoms with E-state index in [0.717, 1.165) is 30.6 Å². The van der Waals surface area contributed by atoms with E-state index in [1.165, 1.54) is 6.33 Å². The van der Waals surface area contributed by atoms with E-state index in [1.54, 1.807) is 17.2 Å². The number of hydrogen-bond donors (Lipinski definition) is 1. The van der Waals surface area contributed by atoms with Gasteiger partial charge in [-0.2, -0.15) is 0 Å². The van der Waals surface area contributed by atoms with Crippen LogP contribution in [0.25, 0.3) is 0 Å². The molecule has 1 unspecified atom stereocenters. The normalized spacial score (nSPS) is 17.6. The van der Waals surface area contributed by atoms with E-state index in [-0.39, 0.29) is 12.1 Å². The van der Waals surface area contributed by atoms with Gasteiger partial charge in [0.25, 0.3) is 0 Å². The molecule has 2 amide bonds. The summed E-state index contributed by atoms with van der Waals surface area (Å²) in [4.78, 5) is 22.2. The molecule has 1 atom stereocenters. The Morgan fingerprint density at radius 3 is 3.00 bits per heavy atom. The van der Waals surface area contributed by atoms with Crippen LogP contribution in [-0.4, -0.2) is 40.1 Å². The first-order valence-corrected chi connectivity index (χ1v) is 7.76. The van der Waals surface area contributed by atoms with Gasteiger partial charge in [0.15, 0.2) is 0 Å². The third-order valence-corrected chi connectivity index (χ3v) is 3.89. The lowest BCUT2D eigenvalue weighted by Crippen LogP contribution is -2.46. The summed E-state index contributed by atoms with van der Waals surface area (Å²) >= 11 is 0. The van der Waals surface area contributed by atoms with Crippen molar-refractivity contribution in [2.24, 2.45) is 0 Å². The first-order chi connectivity index (χ1) is 11.2. The highest BCUT2D eigenvalue weighted by atomic mass is 16.5. The third kappa shape index (κ3) is 3.97. The molecule has 2 aromatic rings. The number of carbonyl (C=O) groups excluding carboxylic acids is 1. The Balaban J connectivity index is 1.59. The standard InChI is InChI=1S/C17H20N4O2/c1-13-5-2-3-7-15(13)20-17(22)21-10-4-6-14(11-21)23-16-8-9-18-12-19-16/h2-3,5,7-9,12,14H,4,6,10-11H2,1H3,(H,20,22). The molecule has 1 N–H and O–H groups in total. The molecule has 1 aliphatic rings. The highest BCUT2D eigenvalue weighted by Gasteiger charge is 2.25. The van der Waals surface area contributed by atoms with Crippen molar-refractivity contribution in [2.75, 3.05) is 18.4 Å². The number of aryl methyl sites for hydroxylation is 1. The number of likely N-dealkylation sites (tertiary alicyclic amines) is 1. The summed E-state index contributed by atoms with van der Waals surface area (Å²) in [5.74, 6) is 0.547. The quantitative estimate of drug-likeness (QED) is 0.946. The highest BCUT2D eigenvalue weighted by Crippen LogP contribution is 2.18. The lowest BCUT2D eigenvalue weighted by Gasteiger charge is -2.32. The highest BCUT2D eigenvalue weighted by molar-refractivity contribution is 5.90. The van der Waals surface area contributed by atoms with Crippen LogP contribution in [0, 0.1) is 6.92 Å². The number of urea groups is 1. The van der Waals surface area contributed by atoms with Crippen LogP contribution in [0.2, 0.25) is 0 Å². The summed E-state index contributed by atoms with van der Waals surface area (Å²) in [6, 6.07) is 9.40. The zero-order valence-corrected chi connectivity index (χ0v) is 13.1. The SMILES string of the molecule is Cc1ccccc1NC(=O)N1CCCC(Oc2ccncn2)C1. The number of rotatable bonds is 3. The number of nitrogens with one attached hydrogen (secondary N) is 1. The maximum atomic E-state index is 12.5. The van der Waals surface area contributed by atoms with Crippen LogP contribution in [-0.2, 0) is 0 Å². The minimum Gasteiger partial charge on any atom is -0.472 e. The van der Waals surface area contributed by atoms with Gasteiger partial charge >= 0.3 is 6.03 Å². The fourth-order valence-corrected chi connectivity index (χ4v) is 2.65. The summed E-state index contributed by atoms with van der Waals surface area (Å²) < 4.78 is 5.84. The first kappa shape index (κ1) is 15.3. The summed E-state index contributed by atoms with van der Waals surface area (Å²) in [6.45, 7) is 3.27. The molecule has 6 nitrogen and oxygen atoms in total. The van der Waals surface area contributed by atoms with Gasteiger partial charge in [-0.25, -0.2) is 14.8 Å². The lowest BCUT2D eigenvalue weighted by molar-refractivity contribution is 0.102. The molecule has 0 aliphatic carbocycles. The largest absolute Gasteiger partial charge is 0.472 e. The van der Waals surface area contributed by atoms with Gasteiger partial charge in [0, 0.05) is 24.5 Å². The zero-order valence-electron chi connectivity index (χ0n) is 13.1. The van der Waals surface area contributed by atoms with Gasteiger partial charge in [0.1, 0.15) is 12.4 Å². The van der Waals surface area contributed by atoms with Crippen molar-refractivity contribution < 1.29 is 9.53 Å². The molecule has 0 radical (unpaired) electrons. The molecule has 120 valence electrons. The van der Waals surface area contributed by atoms with Crippen LogP contribution in [0.1, 0.15) is 18.4 Å². The second-order valence-electron chi connectivity index (χ2n) is 5.62. The molecule has 23 heavy (non-hydrogen) atoms. The summed E-state index contributed by atoms with van der Waals surface area (Å²) in [6.07, 6.45) is 4.89. The zero-order chi connectivity index (χ0) is 16.1. The van der Waals surface area contributed by atoms with Gasteiger partial charge < -0.3 is 15.0 Å². The maximum absolute atomic E-state index is 12.5. The topological polar surface area (TPSA) is 67.4 Å². The van der Waals surface area contributed by atoms with E-state index in [4.69, 9.17) is 4.74 Å². The van der Waals surface area contributed by atoms with E-state index in [1.807, 2.05) is 31.2 Å². The molecule has 1 aromatic heterocycles. The fraction of sp³-hybridized carbons (Fsp3) is 0.353. The van der Waals surface area contributed by atoms with Gasteiger partial charge in [0.2, 0.25) is 5.88 Å². The molecule has 0 bridgehead atoms. The molecular weight excluding hydrogens is 292 g/mol. The smallest absolute Gasteiger partial charge is 0.321 e. The Bertz CT molecular complexity index is 663. The van der Waals surface area contributed by atoms with Crippen molar-refractivity contribution in [3.8, 4) is 5.88 Å². The number of carbonyl (C=O) groups is 1. The van der Waals surface area contributed by atoms with E-state index < -0.39 is 0 Å². The molecule has 0 saturated carbocycles. The van der Waals surface area contributed by atoms with Crippen molar-refractivity contribution in [2.45, 2.75) is 25.9 Å². The van der Waals surface area contributed by atoms with Crippen LogP contribution in [0.15, 0.2) is 42.9 Å². The molecular formula is C17H20N4O2. The first-order valence-electron chi connectivity index (χ1n) is 7.76. The number of anilines is 1. The molecule has 1 fully saturated rings. The van der Waals surface area contributed by atoms with Crippen molar-refractivity contribution in [3.63, 3.8) is 0 Å². The fourth-order valence-electron chi connectivity index (χ4n) is 2.65. The van der Waals surface area contributed by atoms with E-state index in [0.29, 0.717) is 12.4 Å². The average Bonchev–Trinajstić information content (AvgIpc) is 2.58. The Morgan fingerprint density at radius 2 is 2.22 bits per heavy atom. The van der Waals surface area contributed by atoms with Crippen LogP contribution < -0.4 is 10.1 Å². The predicted molar refractivity (Wildman–Crippen MR) is 87.5 cm³/mol. The average molecular weight is 312 g/mol. The number of para-hydroxylation sites is 1. The van der Waals surface area contributed by atoms with E-state index in [9.17, 15) is 4.79 Å². The summed E-state index contributed by atoms with van der Waals surface area (Å²) in [5, 5.41) is 2.97. The number of hydrogen-bond acceptors (Lipinski definition) is 4. The Kier molecular flexibility index (Phi) is 4.71. The number of nitrogens with zero attached hydrogens (tertiary/aromatic N) is 3. The molecule has 1 aromatic carbocycles. The van der Waals surface area contributed by atoms with Crippen molar-refractivity contribution in [1.82, 2.24) is 14.9 Å². The monoisotopic (exact) mass is 312 g/mol. The maximum Gasteiger partial charge on any atom is 0.321 e. The summed E-state index contributed by atoms with van der Waals surface area (Å²) in [5.41, 5.74) is 1.89. The number of ether oxygens (including phenoxy) is 1. The second kappa shape index (κ2) is 7.09. The molecule has 3 rings (SSSR count). The van der Waals surface area contributed by atoms with Gasteiger partial charge in [-0.1, -0.05) is 18.2 Å². The van der Waals surface area contributed by atoms with Crippen molar-refractivity contribution >= 4 is 11.7 Å². The lowest BCUT2D eigenvalue weighted by atomic mass is 10.1. The summed E-state index contributed by atoms with van der Waals surface area (Å²) in [7, 11) is 0. The van der Waals surface area contributed by atoms with Gasteiger partial charge in [-0.3, -0.25) is 0 Å². The van der Waals surface area contributed by atoms with Gasteiger partial charge in [-0.15, -0.1) is 0 Å². The van der Waals surface area contributed by atoms with Crippen LogP contribution in [0.5, 0.6) is 5.88 Å². The third-order valence-electron chi connectivity index (χ3n) is 3.89. The predicted octanol–water partition coefficient (Wildman–Crippen LogP) is 2.86. The van der Waals surface area contributed by atoms with E-state index in [2.05, 4.69) is 15.3 Å². The molecule has 1 saturated heterocycles. The van der Waals surface area contributed by atoms with Gasteiger partial charge in [-0.05, 0) is 31.4 Å². The molecule has 0 spiro atoms. The van der Waals surface area contributed by atoms with Gasteiger partial charge in [0.05, 0.1) is 6.54 Å². The number of amides is 2. The Hall–Kier alpha value is -2.63. The number of benzene rings is 1. The minimum atomic E-state index is -0.0877. The number of piperidine rings is 1. The van der Waals surface area contributed by atoms with Crippen LogP contribution >= 0.6 is 0 Å². The number of aromatic nitrogens is 2. The Morgan fingerprint density at radius 1 is 1.35 bits per heavy atom. The van der Waals surface area contributed by atoms with Crippen molar-refractivity contribution in [1.29, 1.82) is 0 Å². The molecule has 2 heterocycles. The van der Waals surface area contributed by atoms with Crippen molar-refractivity contribution in [3.05, 3.63) is 48.4 Å². The molecule has 6 heteroatoms. The minimum absolute atomic E-state index is 0.0405. The van der Waals surface area contributed by atoms with E-state index >= 15 is 0 Å². The second-order valence-corrected chi connectivity index (χ2v) is 5.62. The van der Waals surface area contributed by atoms with Crippen LogP contribution in [0.4, 0.5) is 10.5 Å².